The van der Waals surface area contributed by atoms with Crippen LogP contribution in [0.25, 0.3) is 0 Å². The van der Waals surface area contributed by atoms with Crippen LogP contribution in [0.3, 0.4) is 0 Å². The van der Waals surface area contributed by atoms with Crippen LogP contribution in [0.4, 0.5) is 5.69 Å². The van der Waals surface area contributed by atoms with E-state index in [1.807, 2.05) is 0 Å². The number of carbonyl (C=O) groups excluding carboxylic acids is 1. The first-order chi connectivity index (χ1) is 7.52. The van der Waals surface area contributed by atoms with Gasteiger partial charge in [0, 0.05) is 10.6 Å². The SMILES string of the molecule is COc1ccc(NC(=O)CC(=O)O)cc1S. The third-order valence-electron chi connectivity index (χ3n) is 1.77. The molecule has 0 radical (unpaired) electrons. The Morgan fingerprint density at radius 3 is 2.69 bits per heavy atom. The van der Waals surface area contributed by atoms with Crippen molar-refractivity contribution < 1.29 is 19.4 Å². The number of ether oxygens (including phenoxy) is 1. The Labute approximate surface area is 97.8 Å². The normalized spacial score (nSPS) is 9.62. The Bertz CT molecular complexity index is 419. The predicted molar refractivity (Wildman–Crippen MR) is 61.1 cm³/mol. The van der Waals surface area contributed by atoms with Gasteiger partial charge in [-0.15, -0.1) is 12.6 Å². The van der Waals surface area contributed by atoms with E-state index in [1.165, 1.54) is 7.11 Å². The van der Waals surface area contributed by atoms with Crippen LogP contribution in [0.1, 0.15) is 6.42 Å². The molecule has 0 aliphatic heterocycles. The largest absolute Gasteiger partial charge is 0.496 e. The Hall–Kier alpha value is -1.69. The first kappa shape index (κ1) is 12.4. The molecule has 0 heterocycles. The summed E-state index contributed by atoms with van der Waals surface area (Å²) in [5, 5.41) is 10.8. The molecule has 0 saturated heterocycles. The summed E-state index contributed by atoms with van der Waals surface area (Å²) in [6.45, 7) is 0. The van der Waals surface area contributed by atoms with Crippen LogP contribution in [-0.4, -0.2) is 24.1 Å². The maximum atomic E-state index is 11.1. The molecule has 0 spiro atoms. The fourth-order valence-corrected chi connectivity index (χ4v) is 1.42. The highest BCUT2D eigenvalue weighted by atomic mass is 32.1. The van der Waals surface area contributed by atoms with Crippen molar-refractivity contribution in [2.24, 2.45) is 0 Å². The molecule has 0 aliphatic rings. The minimum atomic E-state index is -1.17. The highest BCUT2D eigenvalue weighted by molar-refractivity contribution is 7.80. The standard InChI is InChI=1S/C10H11NO4S/c1-15-7-3-2-6(4-8(7)16)11-9(12)5-10(13)14/h2-4,16H,5H2,1H3,(H,11,12)(H,13,14). The molecule has 5 nitrogen and oxygen atoms in total. The highest BCUT2D eigenvalue weighted by Crippen LogP contribution is 2.25. The van der Waals surface area contributed by atoms with E-state index < -0.39 is 18.3 Å². The molecule has 0 unspecified atom stereocenters. The van der Waals surface area contributed by atoms with Crippen molar-refractivity contribution in [3.8, 4) is 5.75 Å². The summed E-state index contributed by atoms with van der Waals surface area (Å²) < 4.78 is 4.99. The number of methoxy groups -OCH3 is 1. The first-order valence-electron chi connectivity index (χ1n) is 4.41. The van der Waals surface area contributed by atoms with Crippen LogP contribution in [0.15, 0.2) is 23.1 Å². The monoisotopic (exact) mass is 241 g/mol. The van der Waals surface area contributed by atoms with Crippen molar-refractivity contribution in [3.63, 3.8) is 0 Å². The quantitative estimate of drug-likeness (QED) is 0.550. The minimum Gasteiger partial charge on any atom is -0.496 e. The second kappa shape index (κ2) is 5.41. The predicted octanol–water partition coefficient (Wildman–Crippen LogP) is 1.40. The average molecular weight is 241 g/mol. The number of nitrogens with one attached hydrogen (secondary N) is 1. The van der Waals surface area contributed by atoms with Crippen LogP contribution >= 0.6 is 12.6 Å². The molecule has 1 aromatic carbocycles. The second-order valence-corrected chi connectivity index (χ2v) is 3.49. The molecule has 2 N–H and O–H groups in total. The average Bonchev–Trinajstić information content (AvgIpc) is 2.16. The number of carbonyl (C=O) groups is 2. The topological polar surface area (TPSA) is 75.6 Å². The lowest BCUT2D eigenvalue weighted by Crippen LogP contribution is -2.15. The number of hydrogen-bond donors (Lipinski definition) is 3. The van der Waals surface area contributed by atoms with Crippen molar-refractivity contribution in [1.29, 1.82) is 0 Å². The van der Waals surface area contributed by atoms with Crippen LogP contribution in [0.2, 0.25) is 0 Å². The Balaban J connectivity index is 2.71. The molecule has 0 saturated carbocycles. The van der Waals surface area contributed by atoms with Gasteiger partial charge < -0.3 is 15.2 Å². The molecule has 86 valence electrons. The zero-order valence-corrected chi connectivity index (χ0v) is 9.45. The number of thiol groups is 1. The van der Waals surface area contributed by atoms with Crippen molar-refractivity contribution >= 4 is 30.2 Å². The molecule has 6 heteroatoms. The van der Waals surface area contributed by atoms with Crippen LogP contribution in [0.5, 0.6) is 5.75 Å². The van der Waals surface area contributed by atoms with Gasteiger partial charge in [-0.1, -0.05) is 0 Å². The Kier molecular flexibility index (Phi) is 4.19. The van der Waals surface area contributed by atoms with Crippen molar-refractivity contribution in [2.45, 2.75) is 11.3 Å². The third-order valence-corrected chi connectivity index (χ3v) is 2.12. The number of carboxylic acid groups (broad SMARTS) is 1. The van der Waals surface area contributed by atoms with Crippen molar-refractivity contribution in [2.75, 3.05) is 12.4 Å². The third kappa shape index (κ3) is 3.47. The molecule has 0 fully saturated rings. The van der Waals surface area contributed by atoms with E-state index in [-0.39, 0.29) is 0 Å². The molecular weight excluding hydrogens is 230 g/mol. The highest BCUT2D eigenvalue weighted by Gasteiger charge is 2.08. The van der Waals surface area contributed by atoms with Crippen molar-refractivity contribution in [3.05, 3.63) is 18.2 Å². The van der Waals surface area contributed by atoms with E-state index in [2.05, 4.69) is 17.9 Å². The van der Waals surface area contributed by atoms with Gasteiger partial charge in [-0.25, -0.2) is 0 Å². The lowest BCUT2D eigenvalue weighted by atomic mass is 10.3. The molecule has 16 heavy (non-hydrogen) atoms. The van der Waals surface area contributed by atoms with Gasteiger partial charge in [0.25, 0.3) is 0 Å². The summed E-state index contributed by atoms with van der Waals surface area (Å²) in [7, 11) is 1.51. The molecule has 1 amide bonds. The number of amides is 1. The van der Waals surface area contributed by atoms with Gasteiger partial charge in [0.2, 0.25) is 5.91 Å². The summed E-state index contributed by atoms with van der Waals surface area (Å²) >= 11 is 4.15. The number of anilines is 1. The van der Waals surface area contributed by atoms with Gasteiger partial charge in [0.05, 0.1) is 7.11 Å². The van der Waals surface area contributed by atoms with Crippen LogP contribution in [-0.2, 0) is 9.59 Å². The number of hydrogen-bond acceptors (Lipinski definition) is 4. The lowest BCUT2D eigenvalue weighted by molar-refractivity contribution is -0.139. The summed E-state index contributed by atoms with van der Waals surface area (Å²) in [5.74, 6) is -1.16. The number of carboxylic acids is 1. The lowest BCUT2D eigenvalue weighted by Gasteiger charge is -2.07. The zero-order valence-electron chi connectivity index (χ0n) is 8.56. The smallest absolute Gasteiger partial charge is 0.312 e. The van der Waals surface area contributed by atoms with E-state index in [4.69, 9.17) is 9.84 Å². The summed E-state index contributed by atoms with van der Waals surface area (Å²) in [6, 6.07) is 4.83. The van der Waals surface area contributed by atoms with Crippen LogP contribution < -0.4 is 10.1 Å². The van der Waals surface area contributed by atoms with Gasteiger partial charge in [0.15, 0.2) is 0 Å². The van der Waals surface area contributed by atoms with E-state index in [0.717, 1.165) is 0 Å². The van der Waals surface area contributed by atoms with E-state index in [1.54, 1.807) is 18.2 Å². The summed E-state index contributed by atoms with van der Waals surface area (Å²) in [4.78, 5) is 22.0. The van der Waals surface area contributed by atoms with Crippen LogP contribution in [0, 0.1) is 0 Å². The van der Waals surface area contributed by atoms with E-state index >= 15 is 0 Å². The fourth-order valence-electron chi connectivity index (χ4n) is 1.11. The molecule has 0 atom stereocenters. The number of benzene rings is 1. The summed E-state index contributed by atoms with van der Waals surface area (Å²) in [6.07, 6.45) is -0.562. The minimum absolute atomic E-state index is 0.483. The summed E-state index contributed by atoms with van der Waals surface area (Å²) in [5.41, 5.74) is 0.483. The molecule has 0 aromatic heterocycles. The van der Waals surface area contributed by atoms with Gasteiger partial charge >= 0.3 is 5.97 Å². The van der Waals surface area contributed by atoms with Gasteiger partial charge in [-0.3, -0.25) is 9.59 Å². The van der Waals surface area contributed by atoms with E-state index in [0.29, 0.717) is 16.3 Å². The maximum absolute atomic E-state index is 11.1. The number of aliphatic carboxylic acids is 1. The molecule has 0 aliphatic carbocycles. The number of rotatable bonds is 4. The van der Waals surface area contributed by atoms with Gasteiger partial charge in [-0.05, 0) is 18.2 Å². The van der Waals surface area contributed by atoms with E-state index in [9.17, 15) is 9.59 Å². The molecule has 0 bridgehead atoms. The zero-order chi connectivity index (χ0) is 12.1. The fraction of sp³-hybridized carbons (Fsp3) is 0.200. The Morgan fingerprint density at radius 1 is 1.50 bits per heavy atom. The molecule has 1 aromatic rings. The van der Waals surface area contributed by atoms with Gasteiger partial charge in [0.1, 0.15) is 12.2 Å². The second-order valence-electron chi connectivity index (χ2n) is 3.01. The maximum Gasteiger partial charge on any atom is 0.312 e. The molecule has 1 rings (SSSR count). The van der Waals surface area contributed by atoms with Gasteiger partial charge in [-0.2, -0.15) is 0 Å². The molecular formula is C10H11NO4S. The Morgan fingerprint density at radius 2 is 2.19 bits per heavy atom. The van der Waals surface area contributed by atoms with Crippen molar-refractivity contribution in [1.82, 2.24) is 0 Å². The first-order valence-corrected chi connectivity index (χ1v) is 4.86.